The molecule has 1 aromatic heterocycles. The SMILES string of the molecule is COc1ccccc1CCN1CCC[C@H](CN(C)Cc2c(C)nn(C)c2Cl)C1. The maximum Gasteiger partial charge on any atom is 0.131 e. The number of piperidine rings is 1. The minimum absolute atomic E-state index is 0.701. The third kappa shape index (κ3) is 5.28. The summed E-state index contributed by atoms with van der Waals surface area (Å²) in [5, 5.41) is 5.19. The highest BCUT2D eigenvalue weighted by molar-refractivity contribution is 6.30. The van der Waals surface area contributed by atoms with Gasteiger partial charge in [-0.2, -0.15) is 5.10 Å². The Morgan fingerprint density at radius 1 is 1.32 bits per heavy atom. The molecule has 28 heavy (non-hydrogen) atoms. The molecule has 3 rings (SSSR count). The quantitative estimate of drug-likeness (QED) is 0.670. The van der Waals surface area contributed by atoms with Crippen molar-refractivity contribution in [3.8, 4) is 5.75 Å². The number of likely N-dealkylation sites (tertiary alicyclic amines) is 1. The third-order valence-electron chi connectivity index (χ3n) is 5.76. The molecular weight excluding hydrogens is 372 g/mol. The molecule has 6 heteroatoms. The minimum atomic E-state index is 0.701. The van der Waals surface area contributed by atoms with Gasteiger partial charge in [0.25, 0.3) is 0 Å². The van der Waals surface area contributed by atoms with E-state index in [1.54, 1.807) is 11.8 Å². The number of aryl methyl sites for hydroxylation is 2. The largest absolute Gasteiger partial charge is 0.496 e. The summed E-state index contributed by atoms with van der Waals surface area (Å²) in [4.78, 5) is 5.00. The number of aromatic nitrogens is 2. The molecule has 0 unspecified atom stereocenters. The monoisotopic (exact) mass is 404 g/mol. The molecule has 0 bridgehead atoms. The average molecular weight is 405 g/mol. The molecule has 1 aliphatic heterocycles. The molecule has 2 heterocycles. The third-order valence-corrected chi connectivity index (χ3v) is 6.23. The molecule has 0 saturated carbocycles. The fraction of sp³-hybridized carbons (Fsp3) is 0.591. The maximum absolute atomic E-state index is 6.40. The molecule has 0 N–H and O–H groups in total. The van der Waals surface area contributed by atoms with E-state index in [9.17, 15) is 0 Å². The lowest BCUT2D eigenvalue weighted by Gasteiger charge is -2.35. The topological polar surface area (TPSA) is 33.5 Å². The Bertz CT molecular complexity index is 776. The Hall–Kier alpha value is -1.56. The number of hydrogen-bond acceptors (Lipinski definition) is 4. The van der Waals surface area contributed by atoms with Gasteiger partial charge in [0.15, 0.2) is 0 Å². The van der Waals surface area contributed by atoms with Gasteiger partial charge < -0.3 is 14.5 Å². The van der Waals surface area contributed by atoms with Gasteiger partial charge in [-0.25, -0.2) is 0 Å². The number of hydrogen-bond donors (Lipinski definition) is 0. The van der Waals surface area contributed by atoms with E-state index >= 15 is 0 Å². The molecule has 1 atom stereocenters. The van der Waals surface area contributed by atoms with Crippen LogP contribution in [0.5, 0.6) is 5.75 Å². The highest BCUT2D eigenvalue weighted by Gasteiger charge is 2.22. The molecule has 0 amide bonds. The van der Waals surface area contributed by atoms with E-state index in [4.69, 9.17) is 16.3 Å². The van der Waals surface area contributed by atoms with Gasteiger partial charge in [0.1, 0.15) is 10.9 Å². The zero-order valence-corrected chi connectivity index (χ0v) is 18.4. The van der Waals surface area contributed by atoms with Crippen molar-refractivity contribution in [1.82, 2.24) is 19.6 Å². The van der Waals surface area contributed by atoms with Crippen LogP contribution < -0.4 is 4.74 Å². The molecule has 1 saturated heterocycles. The first-order chi connectivity index (χ1) is 13.5. The molecule has 0 spiro atoms. The highest BCUT2D eigenvalue weighted by atomic mass is 35.5. The number of ether oxygens (including phenoxy) is 1. The molecule has 0 aliphatic carbocycles. The van der Waals surface area contributed by atoms with Crippen LogP contribution in [0.4, 0.5) is 0 Å². The van der Waals surface area contributed by atoms with Gasteiger partial charge >= 0.3 is 0 Å². The predicted octanol–water partition coefficient (Wildman–Crippen LogP) is 3.78. The summed E-state index contributed by atoms with van der Waals surface area (Å²) >= 11 is 6.40. The number of methoxy groups -OCH3 is 1. The normalized spacial score (nSPS) is 18.0. The Labute approximate surface area is 174 Å². The van der Waals surface area contributed by atoms with Gasteiger partial charge in [-0.3, -0.25) is 4.68 Å². The molecule has 5 nitrogen and oxygen atoms in total. The summed E-state index contributed by atoms with van der Waals surface area (Å²) in [6.45, 7) is 7.44. The van der Waals surface area contributed by atoms with Crippen LogP contribution in [-0.2, 0) is 20.0 Å². The molecule has 0 radical (unpaired) electrons. The maximum atomic E-state index is 6.40. The van der Waals surface area contributed by atoms with E-state index in [-0.39, 0.29) is 0 Å². The predicted molar refractivity (Wildman–Crippen MR) is 115 cm³/mol. The lowest BCUT2D eigenvalue weighted by molar-refractivity contribution is 0.142. The van der Waals surface area contributed by atoms with E-state index in [0.29, 0.717) is 5.92 Å². The number of halogens is 1. The lowest BCUT2D eigenvalue weighted by atomic mass is 9.97. The number of nitrogens with zero attached hydrogens (tertiary/aromatic N) is 4. The van der Waals surface area contributed by atoms with Gasteiger partial charge in [-0.05, 0) is 57.3 Å². The van der Waals surface area contributed by atoms with Gasteiger partial charge in [0.05, 0.1) is 12.8 Å². The molecule has 2 aromatic rings. The van der Waals surface area contributed by atoms with Crippen LogP contribution in [0.25, 0.3) is 0 Å². The first-order valence-corrected chi connectivity index (χ1v) is 10.6. The average Bonchev–Trinajstić information content (AvgIpc) is 2.93. The minimum Gasteiger partial charge on any atom is -0.496 e. The molecule has 154 valence electrons. The fourth-order valence-corrected chi connectivity index (χ4v) is 4.55. The zero-order valence-electron chi connectivity index (χ0n) is 17.6. The van der Waals surface area contributed by atoms with Gasteiger partial charge in [0, 0.05) is 38.8 Å². The summed E-state index contributed by atoms with van der Waals surface area (Å²) in [5.74, 6) is 1.70. The highest BCUT2D eigenvalue weighted by Crippen LogP contribution is 2.23. The van der Waals surface area contributed by atoms with Crippen molar-refractivity contribution < 1.29 is 4.74 Å². The number of benzene rings is 1. The molecule has 1 aromatic carbocycles. The summed E-state index contributed by atoms with van der Waals surface area (Å²) in [6, 6.07) is 8.35. The van der Waals surface area contributed by atoms with Gasteiger partial charge in [0.2, 0.25) is 0 Å². The van der Waals surface area contributed by atoms with Crippen molar-refractivity contribution in [1.29, 1.82) is 0 Å². The van der Waals surface area contributed by atoms with Crippen LogP contribution in [0, 0.1) is 12.8 Å². The van der Waals surface area contributed by atoms with E-state index in [2.05, 4.69) is 40.1 Å². The summed E-state index contributed by atoms with van der Waals surface area (Å²) in [5.41, 5.74) is 3.47. The van der Waals surface area contributed by atoms with Crippen LogP contribution >= 0.6 is 11.6 Å². The summed E-state index contributed by atoms with van der Waals surface area (Å²) in [6.07, 6.45) is 3.61. The standard InChI is InChI=1S/C22H33ClN4O/c1-17-20(22(23)26(3)24-17)16-25(2)14-18-8-7-12-27(15-18)13-11-19-9-5-6-10-21(19)28-4/h5-6,9-10,18H,7-8,11-16H2,1-4H3/t18-/m1/s1. The Balaban J connectivity index is 1.50. The second-order valence-corrected chi connectivity index (χ2v) is 8.40. The van der Waals surface area contributed by atoms with Crippen molar-refractivity contribution in [3.63, 3.8) is 0 Å². The van der Waals surface area contributed by atoms with Crippen LogP contribution in [0.2, 0.25) is 5.15 Å². The first kappa shape index (κ1) is 21.2. The number of rotatable bonds is 8. The molecule has 1 aliphatic rings. The first-order valence-electron chi connectivity index (χ1n) is 10.2. The van der Waals surface area contributed by atoms with E-state index in [0.717, 1.165) is 48.2 Å². The molecule has 1 fully saturated rings. The molecular formula is C22H33ClN4O. The fourth-order valence-electron chi connectivity index (χ4n) is 4.32. The Morgan fingerprint density at radius 3 is 2.82 bits per heavy atom. The smallest absolute Gasteiger partial charge is 0.131 e. The van der Waals surface area contributed by atoms with E-state index in [1.165, 1.54) is 31.5 Å². The van der Waals surface area contributed by atoms with Crippen LogP contribution in [0.1, 0.15) is 29.7 Å². The summed E-state index contributed by atoms with van der Waals surface area (Å²) < 4.78 is 7.26. The summed E-state index contributed by atoms with van der Waals surface area (Å²) in [7, 11) is 5.85. The Morgan fingerprint density at radius 2 is 2.11 bits per heavy atom. The van der Waals surface area contributed by atoms with Crippen molar-refractivity contribution in [2.24, 2.45) is 13.0 Å². The zero-order chi connectivity index (χ0) is 20.1. The second kappa shape index (κ2) is 9.77. The van der Waals surface area contributed by atoms with E-state index < -0.39 is 0 Å². The Kier molecular flexibility index (Phi) is 7.38. The van der Waals surface area contributed by atoms with Crippen molar-refractivity contribution in [3.05, 3.63) is 46.2 Å². The lowest BCUT2D eigenvalue weighted by Crippen LogP contribution is -2.40. The van der Waals surface area contributed by atoms with Crippen LogP contribution in [0.15, 0.2) is 24.3 Å². The number of para-hydroxylation sites is 1. The van der Waals surface area contributed by atoms with Crippen molar-refractivity contribution in [2.45, 2.75) is 32.7 Å². The van der Waals surface area contributed by atoms with E-state index in [1.807, 2.05) is 20.0 Å². The van der Waals surface area contributed by atoms with Gasteiger partial charge in [-0.1, -0.05) is 29.8 Å². The van der Waals surface area contributed by atoms with Crippen LogP contribution in [0.3, 0.4) is 0 Å². The van der Waals surface area contributed by atoms with Crippen molar-refractivity contribution >= 4 is 11.6 Å². The van der Waals surface area contributed by atoms with Crippen LogP contribution in [-0.4, -0.2) is 59.9 Å². The van der Waals surface area contributed by atoms with Crippen molar-refractivity contribution in [2.75, 3.05) is 40.3 Å². The van der Waals surface area contributed by atoms with Gasteiger partial charge in [-0.15, -0.1) is 0 Å². The second-order valence-electron chi connectivity index (χ2n) is 8.05.